The summed E-state index contributed by atoms with van der Waals surface area (Å²) in [6.07, 6.45) is 0. The lowest BCUT2D eigenvalue weighted by molar-refractivity contribution is -0.157. The Labute approximate surface area is 123 Å². The zero-order chi connectivity index (χ0) is 16.2. The van der Waals surface area contributed by atoms with Gasteiger partial charge in [0, 0.05) is 0 Å². The normalized spacial score (nSPS) is 12.4. The Kier molecular flexibility index (Phi) is 5.34. The van der Waals surface area contributed by atoms with Crippen LogP contribution >= 0.6 is 0 Å². The number of nitrogens with two attached hydrogens (primary N) is 1. The molecule has 0 aromatic heterocycles. The van der Waals surface area contributed by atoms with Crippen LogP contribution in [-0.4, -0.2) is 34.7 Å². The van der Waals surface area contributed by atoms with Gasteiger partial charge in [0.1, 0.15) is 5.60 Å². The highest BCUT2D eigenvalue weighted by atomic mass is 16.6. The summed E-state index contributed by atoms with van der Waals surface area (Å²) in [5.74, 6) is -1.08. The highest BCUT2D eigenvalue weighted by molar-refractivity contribution is 6.59. The summed E-state index contributed by atoms with van der Waals surface area (Å²) in [7, 11) is -1.75. The maximum absolute atomic E-state index is 12.3. The summed E-state index contributed by atoms with van der Waals surface area (Å²) >= 11 is 0. The fraction of sp³-hybridized carbons (Fsp3) is 0.385. The highest BCUT2D eigenvalue weighted by Gasteiger charge is 2.30. The number of hydrogen-bond acceptors (Lipinski definition) is 5. The van der Waals surface area contributed by atoms with Gasteiger partial charge in [0.2, 0.25) is 0 Å². The minimum atomic E-state index is -1.75. The number of esters is 1. The van der Waals surface area contributed by atoms with E-state index in [2.05, 4.69) is 5.32 Å². The molecule has 0 bridgehead atoms. The van der Waals surface area contributed by atoms with Crippen LogP contribution in [-0.2, 0) is 9.53 Å². The van der Waals surface area contributed by atoms with Crippen molar-refractivity contribution in [1.29, 1.82) is 5.41 Å². The fourth-order valence-electron chi connectivity index (χ4n) is 1.79. The molecule has 0 heterocycles. The fourth-order valence-corrected chi connectivity index (χ4v) is 1.79. The summed E-state index contributed by atoms with van der Waals surface area (Å²) in [5.41, 5.74) is 5.01. The average Bonchev–Trinajstić information content (AvgIpc) is 2.33. The first-order chi connectivity index (χ1) is 9.61. The molecule has 1 aromatic rings. The SMILES string of the molecule is CC(C)(C)OC(=O)C(NC(=N)N)c1ccccc1B(O)O. The van der Waals surface area contributed by atoms with Crippen molar-refractivity contribution in [3.8, 4) is 0 Å². The van der Waals surface area contributed by atoms with Gasteiger partial charge in [-0.25, -0.2) is 4.79 Å². The molecule has 0 aliphatic carbocycles. The van der Waals surface area contributed by atoms with Gasteiger partial charge >= 0.3 is 13.1 Å². The predicted octanol–water partition coefficient (Wildman–Crippen LogP) is -0.768. The van der Waals surface area contributed by atoms with Crippen LogP contribution in [0.4, 0.5) is 0 Å². The Bertz CT molecular complexity index is 528. The molecule has 0 spiro atoms. The van der Waals surface area contributed by atoms with Crippen molar-refractivity contribution in [2.75, 3.05) is 0 Å². The van der Waals surface area contributed by atoms with Crippen LogP contribution in [0.3, 0.4) is 0 Å². The smallest absolute Gasteiger partial charge is 0.458 e. The van der Waals surface area contributed by atoms with Crippen molar-refractivity contribution in [3.63, 3.8) is 0 Å². The van der Waals surface area contributed by atoms with Gasteiger partial charge in [0.05, 0.1) is 0 Å². The summed E-state index contributed by atoms with van der Waals surface area (Å²) < 4.78 is 5.27. The van der Waals surface area contributed by atoms with Crippen LogP contribution in [0.15, 0.2) is 24.3 Å². The summed E-state index contributed by atoms with van der Waals surface area (Å²) in [6, 6.07) is 5.16. The number of hydrogen-bond donors (Lipinski definition) is 5. The third-order valence-electron chi connectivity index (χ3n) is 2.53. The molecule has 7 nitrogen and oxygen atoms in total. The number of ether oxygens (including phenoxy) is 1. The Morgan fingerprint density at radius 3 is 2.43 bits per heavy atom. The molecule has 0 aliphatic heterocycles. The van der Waals surface area contributed by atoms with Gasteiger partial charge in [0.15, 0.2) is 12.0 Å². The molecule has 0 amide bonds. The lowest BCUT2D eigenvalue weighted by Crippen LogP contribution is -2.45. The number of benzene rings is 1. The van der Waals surface area contributed by atoms with E-state index in [1.165, 1.54) is 6.07 Å². The van der Waals surface area contributed by atoms with E-state index < -0.39 is 30.7 Å². The predicted molar refractivity (Wildman–Crippen MR) is 79.9 cm³/mol. The van der Waals surface area contributed by atoms with Gasteiger partial charge in [-0.3, -0.25) is 5.41 Å². The number of carbonyl (C=O) groups is 1. The summed E-state index contributed by atoms with van der Waals surface area (Å²) in [6.45, 7) is 5.13. The van der Waals surface area contributed by atoms with E-state index in [9.17, 15) is 14.8 Å². The third-order valence-corrected chi connectivity index (χ3v) is 2.53. The van der Waals surface area contributed by atoms with E-state index in [0.717, 1.165) is 0 Å². The van der Waals surface area contributed by atoms with E-state index in [4.69, 9.17) is 15.9 Å². The van der Waals surface area contributed by atoms with E-state index in [1.807, 2.05) is 0 Å². The first-order valence-corrected chi connectivity index (χ1v) is 6.40. The topological polar surface area (TPSA) is 129 Å². The molecule has 0 saturated heterocycles. The second-order valence-corrected chi connectivity index (χ2v) is 5.53. The van der Waals surface area contributed by atoms with E-state index in [-0.39, 0.29) is 11.0 Å². The van der Waals surface area contributed by atoms with Crippen molar-refractivity contribution in [2.24, 2.45) is 5.73 Å². The van der Waals surface area contributed by atoms with Crippen molar-refractivity contribution in [1.82, 2.24) is 5.32 Å². The molecular weight excluding hydrogens is 273 g/mol. The maximum Gasteiger partial charge on any atom is 0.488 e. The molecule has 1 aromatic carbocycles. The molecule has 0 aliphatic rings. The third kappa shape index (κ3) is 5.09. The van der Waals surface area contributed by atoms with Gasteiger partial charge in [-0.2, -0.15) is 0 Å². The van der Waals surface area contributed by atoms with Gasteiger partial charge in [-0.1, -0.05) is 24.3 Å². The molecule has 0 fully saturated rings. The number of carbonyl (C=O) groups excluding carboxylic acids is 1. The largest absolute Gasteiger partial charge is 0.488 e. The molecular formula is C13H20BN3O4. The quantitative estimate of drug-likeness (QED) is 0.215. The molecule has 0 saturated carbocycles. The van der Waals surface area contributed by atoms with Crippen LogP contribution in [0.2, 0.25) is 0 Å². The van der Waals surface area contributed by atoms with Crippen LogP contribution in [0, 0.1) is 5.41 Å². The van der Waals surface area contributed by atoms with E-state index in [0.29, 0.717) is 0 Å². The monoisotopic (exact) mass is 293 g/mol. The number of nitrogens with one attached hydrogen (secondary N) is 2. The highest BCUT2D eigenvalue weighted by Crippen LogP contribution is 2.17. The van der Waals surface area contributed by atoms with Crippen LogP contribution in [0.5, 0.6) is 0 Å². The van der Waals surface area contributed by atoms with Gasteiger partial charge in [0.25, 0.3) is 0 Å². The minimum absolute atomic E-state index is 0.141. The molecule has 1 atom stereocenters. The Morgan fingerprint density at radius 1 is 1.38 bits per heavy atom. The van der Waals surface area contributed by atoms with E-state index >= 15 is 0 Å². The molecule has 6 N–H and O–H groups in total. The standard InChI is InChI=1S/C13H20BN3O4/c1-13(2,3)21-11(18)10(17-12(15)16)8-6-4-5-7-9(8)14(19)20/h4-7,10,19-20H,1-3H3,(H4,15,16,17). The molecule has 8 heteroatoms. The lowest BCUT2D eigenvalue weighted by Gasteiger charge is -2.26. The molecule has 0 radical (unpaired) electrons. The number of guanidine groups is 1. The van der Waals surface area contributed by atoms with Crippen molar-refractivity contribution in [3.05, 3.63) is 29.8 Å². The Morgan fingerprint density at radius 2 is 1.95 bits per heavy atom. The van der Waals surface area contributed by atoms with Crippen LogP contribution in [0.1, 0.15) is 32.4 Å². The molecule has 1 unspecified atom stereocenters. The zero-order valence-corrected chi connectivity index (χ0v) is 12.3. The van der Waals surface area contributed by atoms with Gasteiger partial charge in [-0.15, -0.1) is 0 Å². The number of rotatable bonds is 4. The molecule has 114 valence electrons. The first kappa shape index (κ1) is 17.0. The first-order valence-electron chi connectivity index (χ1n) is 6.40. The Hall–Kier alpha value is -2.06. The minimum Gasteiger partial charge on any atom is -0.458 e. The molecule has 1 rings (SSSR count). The second kappa shape index (κ2) is 6.60. The Balaban J connectivity index is 3.20. The average molecular weight is 293 g/mol. The molecule has 21 heavy (non-hydrogen) atoms. The zero-order valence-electron chi connectivity index (χ0n) is 12.3. The summed E-state index contributed by atoms with van der Waals surface area (Å²) in [4.78, 5) is 12.3. The van der Waals surface area contributed by atoms with Crippen molar-refractivity contribution < 1.29 is 19.6 Å². The summed E-state index contributed by atoms with van der Waals surface area (Å²) in [5, 5.41) is 28.6. The van der Waals surface area contributed by atoms with Gasteiger partial charge in [-0.05, 0) is 31.8 Å². The van der Waals surface area contributed by atoms with Crippen LogP contribution < -0.4 is 16.5 Å². The van der Waals surface area contributed by atoms with Crippen LogP contribution in [0.25, 0.3) is 0 Å². The van der Waals surface area contributed by atoms with Crippen molar-refractivity contribution >= 4 is 24.5 Å². The lowest BCUT2D eigenvalue weighted by atomic mass is 9.75. The van der Waals surface area contributed by atoms with Gasteiger partial charge < -0.3 is 25.8 Å². The second-order valence-electron chi connectivity index (χ2n) is 5.53. The van der Waals surface area contributed by atoms with Crippen molar-refractivity contribution in [2.45, 2.75) is 32.4 Å². The maximum atomic E-state index is 12.3. The van der Waals surface area contributed by atoms with E-state index in [1.54, 1.807) is 39.0 Å².